The number of guanidine groups is 1. The number of hydrogen-bond donors (Lipinski definition) is 2. The average Bonchev–Trinajstić information content (AvgIpc) is 3.48. The molecule has 6 nitrogen and oxygen atoms in total. The van der Waals surface area contributed by atoms with Crippen molar-refractivity contribution in [1.82, 2.24) is 10.6 Å². The molecule has 0 atom stereocenters. The monoisotopic (exact) mass is 491 g/mol. The van der Waals surface area contributed by atoms with Crippen molar-refractivity contribution in [2.24, 2.45) is 10.9 Å². The van der Waals surface area contributed by atoms with Crippen molar-refractivity contribution in [2.75, 3.05) is 46.6 Å². The van der Waals surface area contributed by atoms with Gasteiger partial charge in [-0.05, 0) is 38.2 Å². The van der Waals surface area contributed by atoms with Crippen LogP contribution >= 0.6 is 24.0 Å². The molecule has 154 valence electrons. The molecule has 0 radical (unpaired) electrons. The van der Waals surface area contributed by atoms with Crippen molar-refractivity contribution < 1.29 is 14.2 Å². The molecule has 0 bridgehead atoms. The van der Waals surface area contributed by atoms with Gasteiger partial charge in [-0.3, -0.25) is 0 Å². The highest BCUT2D eigenvalue weighted by Crippen LogP contribution is 2.30. The van der Waals surface area contributed by atoms with E-state index in [4.69, 9.17) is 14.2 Å². The molecule has 1 aliphatic rings. The second-order valence-electron chi connectivity index (χ2n) is 6.44. The number of halogens is 1. The quantitative estimate of drug-likeness (QED) is 0.192. The van der Waals surface area contributed by atoms with E-state index in [1.807, 2.05) is 18.2 Å². The van der Waals surface area contributed by atoms with Gasteiger partial charge in [0.25, 0.3) is 0 Å². The van der Waals surface area contributed by atoms with Crippen LogP contribution in [-0.2, 0) is 16.0 Å². The number of methoxy groups -OCH3 is 1. The number of benzene rings is 1. The van der Waals surface area contributed by atoms with Crippen LogP contribution in [0.2, 0.25) is 0 Å². The summed E-state index contributed by atoms with van der Waals surface area (Å²) in [5.41, 5.74) is 1.12. The minimum absolute atomic E-state index is 0. The summed E-state index contributed by atoms with van der Waals surface area (Å²) < 4.78 is 16.4. The Kier molecular flexibility index (Phi) is 13.3. The van der Waals surface area contributed by atoms with Gasteiger partial charge in [0.2, 0.25) is 0 Å². The number of nitrogens with zero attached hydrogens (tertiary/aromatic N) is 1. The molecule has 0 spiro atoms. The van der Waals surface area contributed by atoms with Crippen LogP contribution in [0.1, 0.15) is 31.7 Å². The van der Waals surface area contributed by atoms with E-state index in [0.717, 1.165) is 49.3 Å². The molecule has 0 unspecified atom stereocenters. The molecule has 0 heterocycles. The fraction of sp³-hybridized carbons (Fsp3) is 0.650. The van der Waals surface area contributed by atoms with Gasteiger partial charge in [-0.15, -0.1) is 24.0 Å². The van der Waals surface area contributed by atoms with E-state index >= 15 is 0 Å². The summed E-state index contributed by atoms with van der Waals surface area (Å²) in [6.45, 7) is 7.13. The Balaban J connectivity index is 0.00000364. The van der Waals surface area contributed by atoms with Gasteiger partial charge in [0, 0.05) is 32.4 Å². The largest absolute Gasteiger partial charge is 0.493 e. The van der Waals surface area contributed by atoms with Gasteiger partial charge in [-0.2, -0.15) is 0 Å². The lowest BCUT2D eigenvalue weighted by Crippen LogP contribution is -2.38. The number of hydrogen-bond acceptors (Lipinski definition) is 4. The summed E-state index contributed by atoms with van der Waals surface area (Å²) in [4.78, 5) is 4.69. The predicted molar refractivity (Wildman–Crippen MR) is 120 cm³/mol. The summed E-state index contributed by atoms with van der Waals surface area (Å²) >= 11 is 0. The van der Waals surface area contributed by atoms with E-state index in [0.29, 0.717) is 26.4 Å². The number of ether oxygens (including phenoxy) is 3. The Morgan fingerprint density at radius 3 is 2.70 bits per heavy atom. The second kappa shape index (κ2) is 14.9. The van der Waals surface area contributed by atoms with Gasteiger partial charge in [0.15, 0.2) is 5.96 Å². The first-order valence-electron chi connectivity index (χ1n) is 9.63. The highest BCUT2D eigenvalue weighted by molar-refractivity contribution is 14.0. The Morgan fingerprint density at radius 1 is 1.15 bits per heavy atom. The van der Waals surface area contributed by atoms with Crippen molar-refractivity contribution in [2.45, 2.75) is 32.7 Å². The fourth-order valence-corrected chi connectivity index (χ4v) is 2.40. The summed E-state index contributed by atoms with van der Waals surface area (Å²) in [7, 11) is 1.68. The summed E-state index contributed by atoms with van der Waals surface area (Å²) in [5.74, 6) is 2.52. The van der Waals surface area contributed by atoms with E-state index in [1.165, 1.54) is 12.8 Å². The third kappa shape index (κ3) is 10.8. The molecule has 1 aromatic rings. The first-order chi connectivity index (χ1) is 12.8. The maximum atomic E-state index is 5.96. The first kappa shape index (κ1) is 24.0. The molecule has 7 heteroatoms. The number of rotatable bonds is 13. The van der Waals surface area contributed by atoms with Crippen molar-refractivity contribution in [3.8, 4) is 5.75 Å². The van der Waals surface area contributed by atoms with E-state index < -0.39 is 0 Å². The third-order valence-electron chi connectivity index (χ3n) is 4.09. The summed E-state index contributed by atoms with van der Waals surface area (Å²) in [6, 6.07) is 8.17. The smallest absolute Gasteiger partial charge is 0.191 e. The van der Waals surface area contributed by atoms with Crippen LogP contribution < -0.4 is 15.4 Å². The van der Waals surface area contributed by atoms with Gasteiger partial charge < -0.3 is 24.8 Å². The molecule has 1 aliphatic carbocycles. The highest BCUT2D eigenvalue weighted by atomic mass is 127. The van der Waals surface area contributed by atoms with Crippen molar-refractivity contribution >= 4 is 29.9 Å². The van der Waals surface area contributed by atoms with Gasteiger partial charge in [0.05, 0.1) is 26.4 Å². The molecule has 1 fully saturated rings. The van der Waals surface area contributed by atoms with Gasteiger partial charge in [0.1, 0.15) is 5.75 Å². The topological polar surface area (TPSA) is 64.1 Å². The van der Waals surface area contributed by atoms with Crippen molar-refractivity contribution in [3.05, 3.63) is 29.8 Å². The maximum Gasteiger partial charge on any atom is 0.191 e. The molecular weight excluding hydrogens is 457 g/mol. The van der Waals surface area contributed by atoms with E-state index in [2.05, 4.69) is 28.6 Å². The fourth-order valence-electron chi connectivity index (χ4n) is 2.40. The Labute approximate surface area is 180 Å². The zero-order chi connectivity index (χ0) is 18.5. The summed E-state index contributed by atoms with van der Waals surface area (Å²) in [5, 5.41) is 6.63. The summed E-state index contributed by atoms with van der Waals surface area (Å²) in [6.07, 6.45) is 3.52. The Hall–Kier alpha value is -1.06. The molecule has 27 heavy (non-hydrogen) atoms. The number of para-hydroxylation sites is 1. The molecule has 1 saturated carbocycles. The van der Waals surface area contributed by atoms with E-state index in [-0.39, 0.29) is 24.0 Å². The van der Waals surface area contributed by atoms with Crippen molar-refractivity contribution in [3.63, 3.8) is 0 Å². The van der Waals surface area contributed by atoms with Crippen LogP contribution in [0.15, 0.2) is 29.3 Å². The van der Waals surface area contributed by atoms with Crippen molar-refractivity contribution in [1.29, 1.82) is 0 Å². The van der Waals surface area contributed by atoms with E-state index in [1.54, 1.807) is 7.11 Å². The number of nitrogens with one attached hydrogen (secondary N) is 2. The lowest BCUT2D eigenvalue weighted by molar-refractivity contribution is 0.0698. The molecule has 0 aliphatic heterocycles. The van der Waals surface area contributed by atoms with E-state index in [9.17, 15) is 0 Å². The number of aliphatic imine (C=N–C) groups is 1. The average molecular weight is 491 g/mol. The minimum Gasteiger partial charge on any atom is -0.493 e. The van der Waals surface area contributed by atoms with Crippen LogP contribution in [-0.4, -0.2) is 52.6 Å². The molecule has 0 aromatic heterocycles. The normalized spacial score (nSPS) is 13.8. The zero-order valence-corrected chi connectivity index (χ0v) is 18.9. The third-order valence-corrected chi connectivity index (χ3v) is 4.09. The molecule has 0 saturated heterocycles. The SMILES string of the molecule is CCNC(=NCc1ccccc1OCC1CC1)NCCCOCCOC.I. The Morgan fingerprint density at radius 2 is 1.96 bits per heavy atom. The van der Waals surface area contributed by atoms with Gasteiger partial charge >= 0.3 is 0 Å². The molecule has 1 aromatic carbocycles. The van der Waals surface area contributed by atoms with Crippen LogP contribution in [0, 0.1) is 5.92 Å². The van der Waals surface area contributed by atoms with Gasteiger partial charge in [-0.1, -0.05) is 18.2 Å². The predicted octanol–water partition coefficient (Wildman–Crippen LogP) is 3.20. The van der Waals surface area contributed by atoms with Crippen LogP contribution in [0.3, 0.4) is 0 Å². The zero-order valence-electron chi connectivity index (χ0n) is 16.5. The highest BCUT2D eigenvalue weighted by Gasteiger charge is 2.22. The first-order valence-corrected chi connectivity index (χ1v) is 9.63. The van der Waals surface area contributed by atoms with Gasteiger partial charge in [-0.25, -0.2) is 4.99 Å². The maximum absolute atomic E-state index is 5.96. The standard InChI is InChI=1S/C20H33N3O3.HI/c1-3-21-20(22-11-6-12-25-14-13-24-2)23-15-18-7-4-5-8-19(18)26-16-17-9-10-17;/h4-5,7-8,17H,3,6,9-16H2,1-2H3,(H2,21,22,23);1H. The Bertz CT molecular complexity index is 539. The van der Waals surface area contributed by atoms with Crippen LogP contribution in [0.25, 0.3) is 0 Å². The lowest BCUT2D eigenvalue weighted by Gasteiger charge is -2.13. The second-order valence-corrected chi connectivity index (χ2v) is 6.44. The minimum atomic E-state index is 0. The molecule has 0 amide bonds. The molecular formula is C20H34IN3O3. The molecule has 2 N–H and O–H groups in total. The molecule has 2 rings (SSSR count). The van der Waals surface area contributed by atoms with Crippen LogP contribution in [0.4, 0.5) is 0 Å². The lowest BCUT2D eigenvalue weighted by atomic mass is 10.2. The van der Waals surface area contributed by atoms with Crippen LogP contribution in [0.5, 0.6) is 5.75 Å².